The minimum absolute atomic E-state index is 0.490. The fourth-order valence-electron chi connectivity index (χ4n) is 3.09. The molecule has 0 radical (unpaired) electrons. The van der Waals surface area contributed by atoms with Crippen molar-refractivity contribution in [3.63, 3.8) is 0 Å². The summed E-state index contributed by atoms with van der Waals surface area (Å²) in [5.74, 6) is 0.826. The highest BCUT2D eigenvalue weighted by Crippen LogP contribution is 2.35. The van der Waals surface area contributed by atoms with Gasteiger partial charge < -0.3 is 9.30 Å². The van der Waals surface area contributed by atoms with Gasteiger partial charge in [-0.2, -0.15) is 5.26 Å². The summed E-state index contributed by atoms with van der Waals surface area (Å²) < 4.78 is 7.45. The van der Waals surface area contributed by atoms with Gasteiger partial charge in [-0.05, 0) is 18.2 Å². The molecule has 0 unspecified atom stereocenters. The van der Waals surface area contributed by atoms with Crippen molar-refractivity contribution in [1.82, 2.24) is 9.55 Å². The summed E-state index contributed by atoms with van der Waals surface area (Å²) in [5.41, 5.74) is 4.24. The van der Waals surface area contributed by atoms with E-state index in [9.17, 15) is 0 Å². The number of thiazole rings is 1. The van der Waals surface area contributed by atoms with Crippen molar-refractivity contribution in [2.45, 2.75) is 13.0 Å². The van der Waals surface area contributed by atoms with Crippen molar-refractivity contribution in [2.75, 3.05) is 7.11 Å². The molecule has 4 aromatic rings. The van der Waals surface area contributed by atoms with E-state index in [4.69, 9.17) is 15.0 Å². The smallest absolute Gasteiger partial charge is 0.124 e. The van der Waals surface area contributed by atoms with E-state index in [0.717, 1.165) is 38.5 Å². The summed E-state index contributed by atoms with van der Waals surface area (Å²) in [4.78, 5) is 4.85. The standard InChI is InChI=1S/C21H17N3OS/c1-25-16-7-4-6-15(12-16)21-23-19(14-26-21)18-13-24(11-5-10-22)20-9-3-2-8-17(18)20/h2-4,6-9,12-14H,5,11H2,1H3. The van der Waals surface area contributed by atoms with Gasteiger partial charge in [0.25, 0.3) is 0 Å². The van der Waals surface area contributed by atoms with Crippen LogP contribution in [0.15, 0.2) is 60.1 Å². The van der Waals surface area contributed by atoms with Crippen LogP contribution < -0.4 is 4.74 Å². The summed E-state index contributed by atoms with van der Waals surface area (Å²) in [5, 5.41) is 13.1. The highest BCUT2D eigenvalue weighted by molar-refractivity contribution is 7.13. The van der Waals surface area contributed by atoms with Gasteiger partial charge in [0.1, 0.15) is 10.8 Å². The van der Waals surface area contributed by atoms with Gasteiger partial charge in [0, 0.05) is 40.2 Å². The molecule has 26 heavy (non-hydrogen) atoms. The van der Waals surface area contributed by atoms with E-state index in [1.165, 1.54) is 0 Å². The first-order chi connectivity index (χ1) is 12.8. The molecule has 2 aromatic heterocycles. The Morgan fingerprint density at radius 1 is 1.19 bits per heavy atom. The molecule has 2 aromatic carbocycles. The van der Waals surface area contributed by atoms with Crippen LogP contribution in [-0.2, 0) is 6.54 Å². The SMILES string of the molecule is COc1cccc(-c2nc(-c3cn(CCC#N)c4ccccc34)cs2)c1. The zero-order valence-corrected chi connectivity index (χ0v) is 15.2. The predicted molar refractivity (Wildman–Crippen MR) is 105 cm³/mol. The topological polar surface area (TPSA) is 50.8 Å². The van der Waals surface area contributed by atoms with Crippen LogP contribution in [0.1, 0.15) is 6.42 Å². The van der Waals surface area contributed by atoms with E-state index in [1.807, 2.05) is 36.4 Å². The number of hydrogen-bond acceptors (Lipinski definition) is 4. The molecule has 0 aliphatic heterocycles. The Morgan fingerprint density at radius 2 is 2.08 bits per heavy atom. The molecule has 0 amide bonds. The molecule has 2 heterocycles. The Morgan fingerprint density at radius 3 is 2.92 bits per heavy atom. The third kappa shape index (κ3) is 2.96. The van der Waals surface area contributed by atoms with Crippen molar-refractivity contribution in [2.24, 2.45) is 0 Å². The van der Waals surface area contributed by atoms with Crippen molar-refractivity contribution in [3.05, 3.63) is 60.1 Å². The summed E-state index contributed by atoms with van der Waals surface area (Å²) in [6.07, 6.45) is 2.59. The molecule has 128 valence electrons. The van der Waals surface area contributed by atoms with Gasteiger partial charge in [0.2, 0.25) is 0 Å². The summed E-state index contributed by atoms with van der Waals surface area (Å²) in [7, 11) is 1.67. The van der Waals surface area contributed by atoms with Crippen LogP contribution in [-0.4, -0.2) is 16.7 Å². The highest BCUT2D eigenvalue weighted by Gasteiger charge is 2.13. The van der Waals surface area contributed by atoms with Gasteiger partial charge in [0.15, 0.2) is 0 Å². The summed E-state index contributed by atoms with van der Waals surface area (Å²) in [6, 6.07) is 18.4. The van der Waals surface area contributed by atoms with Crippen LogP contribution in [0.2, 0.25) is 0 Å². The normalized spacial score (nSPS) is 10.8. The van der Waals surface area contributed by atoms with E-state index in [2.05, 4.69) is 34.3 Å². The minimum Gasteiger partial charge on any atom is -0.497 e. The molecular formula is C21H17N3OS. The molecule has 0 N–H and O–H groups in total. The Hall–Kier alpha value is -3.10. The second-order valence-corrected chi connectivity index (χ2v) is 6.79. The maximum absolute atomic E-state index is 8.91. The number of aryl methyl sites for hydroxylation is 1. The van der Waals surface area contributed by atoms with Gasteiger partial charge in [-0.1, -0.05) is 30.3 Å². The van der Waals surface area contributed by atoms with Crippen LogP contribution in [0.25, 0.3) is 32.7 Å². The maximum Gasteiger partial charge on any atom is 0.124 e. The lowest BCUT2D eigenvalue weighted by Crippen LogP contribution is -1.94. The maximum atomic E-state index is 8.91. The van der Waals surface area contributed by atoms with Crippen molar-refractivity contribution >= 4 is 22.2 Å². The molecule has 5 heteroatoms. The van der Waals surface area contributed by atoms with Gasteiger partial charge in [-0.15, -0.1) is 11.3 Å². The lowest BCUT2D eigenvalue weighted by molar-refractivity contribution is 0.415. The zero-order chi connectivity index (χ0) is 17.9. The van der Waals surface area contributed by atoms with E-state index < -0.39 is 0 Å². The van der Waals surface area contributed by atoms with Gasteiger partial charge in [0.05, 0.1) is 25.3 Å². The first kappa shape index (κ1) is 16.4. The fourth-order valence-corrected chi connectivity index (χ4v) is 3.91. The number of ether oxygens (including phenoxy) is 1. The van der Waals surface area contributed by atoms with Crippen molar-refractivity contribution in [3.8, 4) is 33.6 Å². The molecule has 0 atom stereocenters. The molecule has 0 saturated heterocycles. The number of methoxy groups -OCH3 is 1. The predicted octanol–water partition coefficient (Wildman–Crippen LogP) is 5.35. The fraction of sp³-hybridized carbons (Fsp3) is 0.143. The summed E-state index contributed by atoms with van der Waals surface area (Å²) >= 11 is 1.62. The van der Waals surface area contributed by atoms with E-state index in [1.54, 1.807) is 18.4 Å². The lowest BCUT2D eigenvalue weighted by Gasteiger charge is -2.01. The number of nitrogens with zero attached hydrogens (tertiary/aromatic N) is 3. The Balaban J connectivity index is 1.77. The van der Waals surface area contributed by atoms with Crippen LogP contribution in [0.5, 0.6) is 5.75 Å². The van der Waals surface area contributed by atoms with Gasteiger partial charge in [-0.25, -0.2) is 4.98 Å². The van der Waals surface area contributed by atoms with Crippen molar-refractivity contribution < 1.29 is 4.74 Å². The Labute approximate surface area is 155 Å². The molecule has 0 aliphatic carbocycles. The third-order valence-electron chi connectivity index (χ3n) is 4.35. The second kappa shape index (κ2) is 7.03. The molecule has 4 nitrogen and oxygen atoms in total. The average Bonchev–Trinajstić information content (AvgIpc) is 3.31. The monoisotopic (exact) mass is 359 g/mol. The molecule has 0 saturated carbocycles. The molecular weight excluding hydrogens is 342 g/mol. The number of aromatic nitrogens is 2. The minimum atomic E-state index is 0.490. The van der Waals surface area contributed by atoms with Crippen LogP contribution in [0, 0.1) is 11.3 Å². The van der Waals surface area contributed by atoms with E-state index >= 15 is 0 Å². The first-order valence-electron chi connectivity index (χ1n) is 8.35. The number of para-hydroxylation sites is 1. The van der Waals surface area contributed by atoms with Gasteiger partial charge >= 0.3 is 0 Å². The second-order valence-electron chi connectivity index (χ2n) is 5.93. The molecule has 0 bridgehead atoms. The third-order valence-corrected chi connectivity index (χ3v) is 5.24. The Bertz CT molecular complexity index is 1100. The average molecular weight is 359 g/mol. The quantitative estimate of drug-likeness (QED) is 0.482. The number of hydrogen-bond donors (Lipinski definition) is 0. The van der Waals surface area contributed by atoms with E-state index in [0.29, 0.717) is 13.0 Å². The summed E-state index contributed by atoms with van der Waals surface area (Å²) in [6.45, 7) is 0.684. The molecule has 0 fully saturated rings. The molecule has 4 rings (SSSR count). The molecule has 0 aliphatic rings. The Kier molecular flexibility index (Phi) is 4.42. The van der Waals surface area contributed by atoms with Crippen LogP contribution in [0.4, 0.5) is 0 Å². The number of nitriles is 1. The molecule has 0 spiro atoms. The van der Waals surface area contributed by atoms with Crippen LogP contribution in [0.3, 0.4) is 0 Å². The lowest BCUT2D eigenvalue weighted by atomic mass is 10.1. The van der Waals surface area contributed by atoms with Crippen molar-refractivity contribution in [1.29, 1.82) is 5.26 Å². The number of benzene rings is 2. The van der Waals surface area contributed by atoms with E-state index in [-0.39, 0.29) is 0 Å². The number of fused-ring (bicyclic) bond motifs is 1. The zero-order valence-electron chi connectivity index (χ0n) is 14.3. The van der Waals surface area contributed by atoms with Crippen LogP contribution >= 0.6 is 11.3 Å². The largest absolute Gasteiger partial charge is 0.497 e. The van der Waals surface area contributed by atoms with Gasteiger partial charge in [-0.3, -0.25) is 0 Å². The highest BCUT2D eigenvalue weighted by atomic mass is 32.1. The number of rotatable bonds is 5. The first-order valence-corrected chi connectivity index (χ1v) is 9.23.